The van der Waals surface area contributed by atoms with Gasteiger partial charge in [-0.1, -0.05) is 44.2 Å². The van der Waals surface area contributed by atoms with Crippen LogP contribution in [0.4, 0.5) is 0 Å². The largest absolute Gasteiger partial charge is 0.336 e. The first-order valence-electron chi connectivity index (χ1n) is 6.95. The highest BCUT2D eigenvalue weighted by Crippen LogP contribution is 2.31. The summed E-state index contributed by atoms with van der Waals surface area (Å²) in [5, 5.41) is 0. The highest BCUT2D eigenvalue weighted by molar-refractivity contribution is 5.81. The number of carbonyl (C=O) groups is 1. The fraction of sp³-hybridized carbons (Fsp3) is 0.562. The molecule has 18 heavy (non-hydrogen) atoms. The fourth-order valence-corrected chi connectivity index (χ4v) is 2.85. The molecule has 1 amide bonds. The van der Waals surface area contributed by atoms with Crippen LogP contribution < -0.4 is 0 Å². The number of likely N-dealkylation sites (tertiary alicyclic amines) is 1. The molecule has 1 fully saturated rings. The van der Waals surface area contributed by atoms with Crippen LogP contribution >= 0.6 is 0 Å². The van der Waals surface area contributed by atoms with Gasteiger partial charge in [0.05, 0.1) is 6.04 Å². The molecule has 0 radical (unpaired) electrons. The summed E-state index contributed by atoms with van der Waals surface area (Å²) in [4.78, 5) is 14.4. The standard InChI is InChI=1S/C16H23NO/c1-12(2)11-15-9-10-17(16(15)18)13(3)14-7-5-4-6-8-14/h4-8,12-13,15H,9-11H2,1-3H3/t13-,15?/m1/s1. The third-order valence-electron chi connectivity index (χ3n) is 3.86. The fourth-order valence-electron chi connectivity index (χ4n) is 2.85. The molecular formula is C16H23NO. The molecule has 2 rings (SSSR count). The number of carbonyl (C=O) groups excluding carboxylic acids is 1. The van der Waals surface area contributed by atoms with Crippen molar-refractivity contribution in [2.45, 2.75) is 39.7 Å². The second kappa shape index (κ2) is 5.55. The summed E-state index contributed by atoms with van der Waals surface area (Å²) in [5.41, 5.74) is 1.23. The Kier molecular flexibility index (Phi) is 4.05. The Morgan fingerprint density at radius 2 is 1.89 bits per heavy atom. The minimum atomic E-state index is 0.205. The Labute approximate surface area is 110 Å². The zero-order chi connectivity index (χ0) is 13.1. The molecule has 2 nitrogen and oxygen atoms in total. The summed E-state index contributed by atoms with van der Waals surface area (Å²) in [5.74, 6) is 1.20. The summed E-state index contributed by atoms with van der Waals surface area (Å²) < 4.78 is 0. The van der Waals surface area contributed by atoms with Crippen molar-refractivity contribution >= 4 is 5.91 Å². The van der Waals surface area contributed by atoms with Crippen molar-refractivity contribution in [3.05, 3.63) is 35.9 Å². The van der Waals surface area contributed by atoms with Crippen LogP contribution in [0.2, 0.25) is 0 Å². The monoisotopic (exact) mass is 245 g/mol. The first-order chi connectivity index (χ1) is 8.59. The van der Waals surface area contributed by atoms with Crippen molar-refractivity contribution in [3.63, 3.8) is 0 Å². The number of rotatable bonds is 4. The Morgan fingerprint density at radius 3 is 2.50 bits per heavy atom. The van der Waals surface area contributed by atoms with Crippen LogP contribution in [-0.4, -0.2) is 17.4 Å². The van der Waals surface area contributed by atoms with E-state index in [1.807, 2.05) is 23.1 Å². The van der Waals surface area contributed by atoms with E-state index in [0.29, 0.717) is 11.8 Å². The molecule has 98 valence electrons. The van der Waals surface area contributed by atoms with Crippen LogP contribution in [0.25, 0.3) is 0 Å². The lowest BCUT2D eigenvalue weighted by atomic mass is 9.96. The van der Waals surface area contributed by atoms with Gasteiger partial charge >= 0.3 is 0 Å². The Hall–Kier alpha value is -1.31. The van der Waals surface area contributed by atoms with Crippen molar-refractivity contribution in [2.24, 2.45) is 11.8 Å². The molecule has 0 N–H and O–H groups in total. The number of benzene rings is 1. The van der Waals surface area contributed by atoms with Gasteiger partial charge in [-0.2, -0.15) is 0 Å². The Morgan fingerprint density at radius 1 is 1.22 bits per heavy atom. The SMILES string of the molecule is CC(C)CC1CCN([C@H](C)c2ccccc2)C1=O. The zero-order valence-corrected chi connectivity index (χ0v) is 11.6. The lowest BCUT2D eigenvalue weighted by Gasteiger charge is -2.25. The van der Waals surface area contributed by atoms with E-state index in [9.17, 15) is 4.79 Å². The van der Waals surface area contributed by atoms with E-state index >= 15 is 0 Å². The quantitative estimate of drug-likeness (QED) is 0.793. The van der Waals surface area contributed by atoms with Gasteiger partial charge in [-0.25, -0.2) is 0 Å². The predicted molar refractivity (Wildman–Crippen MR) is 74.1 cm³/mol. The molecule has 2 atom stereocenters. The molecule has 0 aromatic heterocycles. The molecule has 0 saturated carbocycles. The van der Waals surface area contributed by atoms with Gasteiger partial charge in [0.25, 0.3) is 0 Å². The van der Waals surface area contributed by atoms with Gasteiger partial charge in [-0.3, -0.25) is 4.79 Å². The zero-order valence-electron chi connectivity index (χ0n) is 11.6. The van der Waals surface area contributed by atoms with Crippen molar-refractivity contribution in [3.8, 4) is 0 Å². The second-order valence-electron chi connectivity index (χ2n) is 5.73. The van der Waals surface area contributed by atoms with Crippen molar-refractivity contribution < 1.29 is 4.79 Å². The molecule has 1 saturated heterocycles. The average molecular weight is 245 g/mol. The Balaban J connectivity index is 2.05. The van der Waals surface area contributed by atoms with Gasteiger partial charge in [0.1, 0.15) is 0 Å². The third kappa shape index (κ3) is 2.74. The molecule has 0 aliphatic carbocycles. The van der Waals surface area contributed by atoms with E-state index in [4.69, 9.17) is 0 Å². The van der Waals surface area contributed by atoms with Gasteiger partial charge in [0, 0.05) is 12.5 Å². The van der Waals surface area contributed by atoms with Gasteiger partial charge in [0.15, 0.2) is 0 Å². The van der Waals surface area contributed by atoms with Gasteiger partial charge in [0.2, 0.25) is 5.91 Å². The van der Waals surface area contributed by atoms with Gasteiger partial charge in [-0.15, -0.1) is 0 Å². The maximum atomic E-state index is 12.4. The number of amides is 1. The predicted octanol–water partition coefficient (Wildman–Crippen LogP) is 3.64. The lowest BCUT2D eigenvalue weighted by Crippen LogP contribution is -2.30. The van der Waals surface area contributed by atoms with Crippen molar-refractivity contribution in [2.75, 3.05) is 6.54 Å². The van der Waals surface area contributed by atoms with Crippen LogP contribution in [0, 0.1) is 11.8 Å². The van der Waals surface area contributed by atoms with Crippen LogP contribution in [0.1, 0.15) is 45.2 Å². The summed E-state index contributed by atoms with van der Waals surface area (Å²) in [6, 6.07) is 10.5. The molecule has 1 aromatic carbocycles. The maximum absolute atomic E-state index is 12.4. The lowest BCUT2D eigenvalue weighted by molar-refractivity contribution is -0.133. The highest BCUT2D eigenvalue weighted by atomic mass is 16.2. The Bertz CT molecular complexity index is 399. The minimum Gasteiger partial charge on any atom is -0.336 e. The molecule has 0 spiro atoms. The van der Waals surface area contributed by atoms with Crippen molar-refractivity contribution in [1.82, 2.24) is 4.90 Å². The van der Waals surface area contributed by atoms with E-state index in [2.05, 4.69) is 32.9 Å². The first kappa shape index (κ1) is 13.1. The van der Waals surface area contributed by atoms with Crippen LogP contribution in [-0.2, 0) is 4.79 Å². The maximum Gasteiger partial charge on any atom is 0.226 e. The van der Waals surface area contributed by atoms with Crippen LogP contribution in [0.5, 0.6) is 0 Å². The minimum absolute atomic E-state index is 0.205. The topological polar surface area (TPSA) is 20.3 Å². The normalized spacial score (nSPS) is 21.7. The number of hydrogen-bond donors (Lipinski definition) is 0. The molecule has 2 heteroatoms. The molecular weight excluding hydrogens is 222 g/mol. The van der Waals surface area contributed by atoms with Crippen LogP contribution in [0.3, 0.4) is 0 Å². The summed E-state index contributed by atoms with van der Waals surface area (Å²) in [7, 11) is 0. The average Bonchev–Trinajstić information content (AvgIpc) is 2.71. The van der Waals surface area contributed by atoms with E-state index in [-0.39, 0.29) is 12.0 Å². The van der Waals surface area contributed by atoms with E-state index in [1.54, 1.807) is 0 Å². The van der Waals surface area contributed by atoms with Gasteiger partial charge in [-0.05, 0) is 31.2 Å². The summed E-state index contributed by atoms with van der Waals surface area (Å²) in [6.07, 6.45) is 2.05. The second-order valence-corrected chi connectivity index (χ2v) is 5.73. The molecule has 1 aromatic rings. The van der Waals surface area contributed by atoms with E-state index < -0.39 is 0 Å². The third-order valence-corrected chi connectivity index (χ3v) is 3.86. The molecule has 1 unspecified atom stereocenters. The summed E-state index contributed by atoms with van der Waals surface area (Å²) in [6.45, 7) is 7.42. The van der Waals surface area contributed by atoms with Crippen molar-refractivity contribution in [1.29, 1.82) is 0 Å². The molecule has 1 aliphatic heterocycles. The number of nitrogens with zero attached hydrogens (tertiary/aromatic N) is 1. The summed E-state index contributed by atoms with van der Waals surface area (Å²) >= 11 is 0. The number of hydrogen-bond acceptors (Lipinski definition) is 1. The first-order valence-corrected chi connectivity index (χ1v) is 6.95. The highest BCUT2D eigenvalue weighted by Gasteiger charge is 2.34. The van der Waals surface area contributed by atoms with Crippen LogP contribution in [0.15, 0.2) is 30.3 Å². The van der Waals surface area contributed by atoms with E-state index in [1.165, 1.54) is 5.56 Å². The smallest absolute Gasteiger partial charge is 0.226 e. The van der Waals surface area contributed by atoms with E-state index in [0.717, 1.165) is 19.4 Å². The van der Waals surface area contributed by atoms with Gasteiger partial charge < -0.3 is 4.90 Å². The molecule has 0 bridgehead atoms. The molecule has 1 heterocycles. The molecule has 1 aliphatic rings.